The molecule has 0 spiro atoms. The molecule has 106 valence electrons. The van der Waals surface area contributed by atoms with Crippen molar-refractivity contribution in [3.63, 3.8) is 0 Å². The summed E-state index contributed by atoms with van der Waals surface area (Å²) >= 11 is 0. The predicted molar refractivity (Wildman–Crippen MR) is 70.5 cm³/mol. The Morgan fingerprint density at radius 2 is 2.00 bits per heavy atom. The summed E-state index contributed by atoms with van der Waals surface area (Å²) in [7, 11) is 0. The predicted octanol–water partition coefficient (Wildman–Crippen LogP) is 1.36. The smallest absolute Gasteiger partial charge is 0.407 e. The number of β-amino-alcohol motifs (C(OH)–C–C–N with tert-alkyl or cyclic N) is 1. The van der Waals surface area contributed by atoms with Crippen LogP contribution in [0.1, 0.15) is 41.0 Å². The van der Waals surface area contributed by atoms with Gasteiger partial charge in [0, 0.05) is 25.7 Å². The lowest BCUT2D eigenvalue weighted by Crippen LogP contribution is -2.42. The quantitative estimate of drug-likeness (QED) is 0.802. The molecule has 2 N–H and O–H groups in total. The molecule has 1 fully saturated rings. The Morgan fingerprint density at radius 1 is 1.39 bits per heavy atom. The molecular weight excluding hydrogens is 232 g/mol. The van der Waals surface area contributed by atoms with Gasteiger partial charge in [-0.15, -0.1) is 0 Å². The molecule has 1 heterocycles. The molecule has 0 unspecified atom stereocenters. The highest BCUT2D eigenvalue weighted by Crippen LogP contribution is 2.14. The largest absolute Gasteiger partial charge is 0.444 e. The van der Waals surface area contributed by atoms with E-state index in [-0.39, 0.29) is 12.1 Å². The van der Waals surface area contributed by atoms with Crippen LogP contribution in [0.2, 0.25) is 0 Å². The van der Waals surface area contributed by atoms with Crippen molar-refractivity contribution in [2.24, 2.45) is 0 Å². The molecule has 0 aliphatic carbocycles. The molecule has 0 aromatic heterocycles. The fraction of sp³-hybridized carbons (Fsp3) is 0.923. The second-order valence-electron chi connectivity index (χ2n) is 6.68. The van der Waals surface area contributed by atoms with Gasteiger partial charge in [-0.2, -0.15) is 0 Å². The number of carbonyl (C=O) groups excluding carboxylic acids is 1. The van der Waals surface area contributed by atoms with Crippen molar-refractivity contribution in [1.82, 2.24) is 10.2 Å². The summed E-state index contributed by atoms with van der Waals surface area (Å²) in [5, 5.41) is 12.6. The monoisotopic (exact) mass is 258 g/mol. The van der Waals surface area contributed by atoms with Crippen molar-refractivity contribution >= 4 is 6.09 Å². The van der Waals surface area contributed by atoms with Crippen LogP contribution < -0.4 is 5.32 Å². The first kappa shape index (κ1) is 15.2. The fourth-order valence-electron chi connectivity index (χ4n) is 2.12. The molecule has 1 aliphatic heterocycles. The Labute approximate surface area is 109 Å². The van der Waals surface area contributed by atoms with Crippen LogP contribution in [-0.4, -0.2) is 53.0 Å². The van der Waals surface area contributed by atoms with Crippen LogP contribution in [0.15, 0.2) is 0 Å². The summed E-state index contributed by atoms with van der Waals surface area (Å²) in [6.45, 7) is 11.4. The van der Waals surface area contributed by atoms with E-state index >= 15 is 0 Å². The van der Waals surface area contributed by atoms with Crippen molar-refractivity contribution in [2.45, 2.75) is 58.3 Å². The van der Waals surface area contributed by atoms with Crippen LogP contribution in [0, 0.1) is 0 Å². The summed E-state index contributed by atoms with van der Waals surface area (Å²) in [5.41, 5.74) is -1.16. The third-order valence-corrected chi connectivity index (χ3v) is 2.60. The molecule has 0 bridgehead atoms. The molecule has 5 heteroatoms. The third kappa shape index (κ3) is 6.21. The summed E-state index contributed by atoms with van der Waals surface area (Å²) in [6.07, 6.45) is 0.535. The zero-order valence-electron chi connectivity index (χ0n) is 12.1. The van der Waals surface area contributed by atoms with Crippen molar-refractivity contribution < 1.29 is 14.6 Å². The number of hydrogen-bond donors (Lipinski definition) is 2. The highest BCUT2D eigenvalue weighted by Gasteiger charge is 2.28. The maximum Gasteiger partial charge on any atom is 0.407 e. The van der Waals surface area contributed by atoms with E-state index in [0.717, 1.165) is 19.5 Å². The molecule has 1 saturated heterocycles. The second-order valence-corrected chi connectivity index (χ2v) is 6.68. The van der Waals surface area contributed by atoms with Gasteiger partial charge in [0.1, 0.15) is 5.60 Å². The van der Waals surface area contributed by atoms with Gasteiger partial charge in [0.25, 0.3) is 0 Å². The molecule has 1 aliphatic rings. The van der Waals surface area contributed by atoms with Crippen molar-refractivity contribution in [3.05, 3.63) is 0 Å². The summed E-state index contributed by atoms with van der Waals surface area (Å²) in [6, 6.07) is 0.113. The topological polar surface area (TPSA) is 61.8 Å². The molecule has 1 atom stereocenters. The molecule has 0 aromatic carbocycles. The van der Waals surface area contributed by atoms with Crippen molar-refractivity contribution in [1.29, 1.82) is 0 Å². The molecular formula is C13H26N2O3. The molecule has 1 rings (SSSR count). The molecule has 1 amide bonds. The molecule has 0 aromatic rings. The standard InChI is InChI=1S/C13H26N2O3/c1-12(2,3)18-11(16)14-10-6-7-15(8-10)9-13(4,5)17/h10,17H,6-9H2,1-5H3,(H,14,16)/t10-/m0/s1. The highest BCUT2D eigenvalue weighted by atomic mass is 16.6. The average Bonchev–Trinajstić information content (AvgIpc) is 2.44. The number of carbonyl (C=O) groups is 1. The van der Waals surface area contributed by atoms with Gasteiger partial charge in [0.05, 0.1) is 5.60 Å². The maximum absolute atomic E-state index is 11.6. The zero-order valence-corrected chi connectivity index (χ0v) is 12.1. The van der Waals surface area contributed by atoms with E-state index in [1.807, 2.05) is 20.8 Å². The first-order valence-corrected chi connectivity index (χ1v) is 6.49. The number of alkyl carbamates (subject to hydrolysis) is 1. The van der Waals surface area contributed by atoms with E-state index in [1.165, 1.54) is 0 Å². The van der Waals surface area contributed by atoms with E-state index in [1.54, 1.807) is 13.8 Å². The van der Waals surface area contributed by atoms with E-state index in [2.05, 4.69) is 10.2 Å². The Morgan fingerprint density at radius 3 is 2.50 bits per heavy atom. The Balaban J connectivity index is 2.32. The number of likely N-dealkylation sites (tertiary alicyclic amines) is 1. The number of nitrogens with one attached hydrogen (secondary N) is 1. The summed E-state index contributed by atoms with van der Waals surface area (Å²) in [5.74, 6) is 0. The van der Waals surface area contributed by atoms with Crippen LogP contribution in [0.25, 0.3) is 0 Å². The van der Waals surface area contributed by atoms with Crippen molar-refractivity contribution in [3.8, 4) is 0 Å². The number of rotatable bonds is 3. The highest BCUT2D eigenvalue weighted by molar-refractivity contribution is 5.68. The number of aliphatic hydroxyl groups is 1. The SMILES string of the molecule is CC(C)(O)CN1CC[C@H](NC(=O)OC(C)(C)C)C1. The van der Waals surface area contributed by atoms with Gasteiger partial charge >= 0.3 is 6.09 Å². The molecule has 18 heavy (non-hydrogen) atoms. The van der Waals surface area contributed by atoms with Crippen LogP contribution in [0.5, 0.6) is 0 Å². The Bertz CT molecular complexity index is 292. The third-order valence-electron chi connectivity index (χ3n) is 2.60. The Hall–Kier alpha value is -0.810. The summed E-state index contributed by atoms with van der Waals surface area (Å²) < 4.78 is 5.22. The van der Waals surface area contributed by atoms with Crippen molar-refractivity contribution in [2.75, 3.05) is 19.6 Å². The van der Waals surface area contributed by atoms with Gasteiger partial charge in [0.15, 0.2) is 0 Å². The minimum Gasteiger partial charge on any atom is -0.444 e. The first-order chi connectivity index (χ1) is 8.05. The van der Waals surface area contributed by atoms with Gasteiger partial charge < -0.3 is 15.2 Å². The maximum atomic E-state index is 11.6. The summed E-state index contributed by atoms with van der Waals surface area (Å²) in [4.78, 5) is 13.8. The normalized spacial score (nSPS) is 22.0. The molecule has 0 saturated carbocycles. The van der Waals surface area contributed by atoms with Gasteiger partial charge in [-0.3, -0.25) is 4.90 Å². The lowest BCUT2D eigenvalue weighted by atomic mass is 10.1. The van der Waals surface area contributed by atoms with Gasteiger partial charge in [-0.1, -0.05) is 0 Å². The molecule has 0 radical (unpaired) electrons. The van der Waals surface area contributed by atoms with E-state index in [9.17, 15) is 9.90 Å². The van der Waals surface area contributed by atoms with Crippen LogP contribution in [-0.2, 0) is 4.74 Å². The molecule has 5 nitrogen and oxygen atoms in total. The lowest BCUT2D eigenvalue weighted by molar-refractivity contribution is 0.0418. The van der Waals surface area contributed by atoms with E-state index in [4.69, 9.17) is 4.74 Å². The van der Waals surface area contributed by atoms with Gasteiger partial charge in [0.2, 0.25) is 0 Å². The zero-order chi connectivity index (χ0) is 14.0. The van der Waals surface area contributed by atoms with E-state index < -0.39 is 11.2 Å². The number of amides is 1. The number of ether oxygens (including phenoxy) is 1. The number of nitrogens with zero attached hydrogens (tertiary/aromatic N) is 1. The minimum atomic E-state index is -0.694. The minimum absolute atomic E-state index is 0.113. The fourth-order valence-corrected chi connectivity index (χ4v) is 2.12. The van der Waals surface area contributed by atoms with Crippen LogP contribution in [0.3, 0.4) is 0 Å². The van der Waals surface area contributed by atoms with Crippen LogP contribution in [0.4, 0.5) is 4.79 Å². The van der Waals surface area contributed by atoms with Crippen LogP contribution >= 0.6 is 0 Å². The average molecular weight is 258 g/mol. The lowest BCUT2D eigenvalue weighted by Gasteiger charge is -2.25. The van der Waals surface area contributed by atoms with E-state index in [0.29, 0.717) is 6.54 Å². The first-order valence-electron chi connectivity index (χ1n) is 6.49. The Kier molecular flexibility index (Phi) is 4.61. The second kappa shape index (κ2) is 5.45. The van der Waals surface area contributed by atoms with Gasteiger partial charge in [-0.25, -0.2) is 4.79 Å². The van der Waals surface area contributed by atoms with Gasteiger partial charge in [-0.05, 0) is 41.0 Å². The number of hydrogen-bond acceptors (Lipinski definition) is 4.